The highest BCUT2D eigenvalue weighted by Gasteiger charge is 2.54. The maximum atomic E-state index is 14.2. The van der Waals surface area contributed by atoms with Crippen LogP contribution in [-0.4, -0.2) is 208 Å². The molecule has 0 radical (unpaired) electrons. The number of ether oxygens (including phenoxy) is 10. The Hall–Kier alpha value is -3.98. The molecule has 9 rings (SSSR count). The quantitative estimate of drug-likeness (QED) is 0.0930. The van der Waals surface area contributed by atoms with Crippen molar-refractivity contribution in [1.82, 2.24) is 4.90 Å². The number of fused-ring (bicyclic) bond motifs is 1. The lowest BCUT2D eigenvalue weighted by atomic mass is 9.78. The molecule has 0 spiro atoms. The first-order valence-corrected chi connectivity index (χ1v) is 27.3. The van der Waals surface area contributed by atoms with E-state index in [0.717, 1.165) is 44.1 Å². The number of amides is 1. The number of carbonyl (C=O) groups excluding carboxylic acids is 2. The van der Waals surface area contributed by atoms with Gasteiger partial charge in [-0.2, -0.15) is 0 Å². The summed E-state index contributed by atoms with van der Waals surface area (Å²) in [5, 5.41) is 88.6. The van der Waals surface area contributed by atoms with Crippen molar-refractivity contribution < 1.29 is 97.8 Å². The zero-order valence-corrected chi connectivity index (χ0v) is 43.6. The lowest BCUT2D eigenvalue weighted by molar-refractivity contribution is -0.350. The molecule has 2 aliphatic carbocycles. The third-order valence-electron chi connectivity index (χ3n) is 16.3. The fourth-order valence-electron chi connectivity index (χ4n) is 11.7. The zero-order chi connectivity index (χ0) is 54.5. The topological polar surface area (TPSA) is 292 Å². The number of aliphatic hydroxyl groups excluding tert-OH is 8. The minimum Gasteiger partial charge on any atom is -0.457 e. The first-order chi connectivity index (χ1) is 37.1. The summed E-state index contributed by atoms with van der Waals surface area (Å²) >= 11 is 0. The number of likely N-dealkylation sites (tertiary alicyclic amines) is 1. The molecular formula is C56H77NO20. The Labute approximate surface area is 448 Å². The Balaban J connectivity index is 0.982. The molecule has 2 aromatic rings. The predicted molar refractivity (Wildman–Crippen MR) is 270 cm³/mol. The van der Waals surface area contributed by atoms with E-state index in [1.54, 1.807) is 41.3 Å². The molecule has 2 aromatic carbocycles. The molecule has 4 saturated heterocycles. The molecule has 77 heavy (non-hydrogen) atoms. The van der Waals surface area contributed by atoms with Gasteiger partial charge in [0, 0.05) is 24.2 Å². The van der Waals surface area contributed by atoms with Gasteiger partial charge in [0.2, 0.25) is 0 Å². The molecule has 2 saturated carbocycles. The van der Waals surface area contributed by atoms with E-state index >= 15 is 0 Å². The second-order valence-corrected chi connectivity index (χ2v) is 21.8. The van der Waals surface area contributed by atoms with E-state index < -0.39 is 141 Å². The second-order valence-electron chi connectivity index (χ2n) is 21.8. The van der Waals surface area contributed by atoms with E-state index in [0.29, 0.717) is 43.0 Å². The van der Waals surface area contributed by atoms with Crippen molar-refractivity contribution in [3.05, 3.63) is 83.6 Å². The summed E-state index contributed by atoms with van der Waals surface area (Å²) in [5.74, 6) is -0.880. The molecular weight excluding hydrogens is 1010 g/mol. The number of para-hydroxylation sites is 1. The van der Waals surface area contributed by atoms with Gasteiger partial charge in [-0.05, 0) is 74.6 Å². The van der Waals surface area contributed by atoms with Crippen LogP contribution in [0.2, 0.25) is 0 Å². The van der Waals surface area contributed by atoms with Crippen LogP contribution in [-0.2, 0) is 47.4 Å². The summed E-state index contributed by atoms with van der Waals surface area (Å²) < 4.78 is 62.9. The van der Waals surface area contributed by atoms with Gasteiger partial charge in [0.25, 0.3) is 5.91 Å². The van der Waals surface area contributed by atoms with Gasteiger partial charge in [0.15, 0.2) is 25.0 Å². The van der Waals surface area contributed by atoms with Gasteiger partial charge in [0.1, 0.15) is 78.7 Å². The summed E-state index contributed by atoms with van der Waals surface area (Å²) in [7, 11) is 0. The van der Waals surface area contributed by atoms with Crippen molar-refractivity contribution in [2.75, 3.05) is 39.5 Å². The number of carbonyl (C=O) groups is 2. The fraction of sp³-hybridized carbons (Fsp3) is 0.679. The van der Waals surface area contributed by atoms with Crippen molar-refractivity contribution in [2.24, 2.45) is 17.8 Å². The van der Waals surface area contributed by atoms with Crippen molar-refractivity contribution in [3.63, 3.8) is 0 Å². The molecule has 20 atom stereocenters. The van der Waals surface area contributed by atoms with Crippen LogP contribution >= 0.6 is 0 Å². The van der Waals surface area contributed by atoms with Crippen LogP contribution in [0.25, 0.3) is 6.08 Å². The summed E-state index contributed by atoms with van der Waals surface area (Å²) in [4.78, 5) is 30.1. The Kier molecular flexibility index (Phi) is 19.5. The number of nitrogens with zero attached hydrogens (tertiary/aromatic N) is 1. The van der Waals surface area contributed by atoms with E-state index in [2.05, 4.69) is 6.58 Å². The van der Waals surface area contributed by atoms with E-state index in [4.69, 9.17) is 47.4 Å². The Bertz CT molecular complexity index is 2300. The minimum atomic E-state index is -1.69. The normalized spacial score (nSPS) is 38.2. The standard InChI is InChI=1S/C56H77NO20/c1-29-21-33(27-69-54-47(65)49(43(61)40(25-58)74-54)68-28-36-24-35-17-10-11-18-37(35)70-30(36)2)23-38(48(29)77-55-46(64)45(63)42(60)31(3)71-55)73-56-51(76-53(67)34-15-8-5-9-16-34)50(44(62)41(26-59)75-56)72-39(52(66)57-19-12-20-57)22-32-13-6-4-7-14-32/h5,8-11,15-18,24,29,31-33,38-51,54-56,58-65H,2,4,6-7,12-14,19-23,25-28H2,1,3H3/t29?,31?,33?,38-,39+,40?,41+,42-,43-,44+,45+,46?,47?,48-,49?,50?,51?,54+,55+,56-/m1/s1. The molecule has 6 fully saturated rings. The molecule has 9 unspecified atom stereocenters. The molecule has 21 nitrogen and oxygen atoms in total. The molecule has 1 amide bonds. The van der Waals surface area contributed by atoms with E-state index in [9.17, 15) is 50.4 Å². The van der Waals surface area contributed by atoms with Crippen molar-refractivity contribution in [1.29, 1.82) is 0 Å². The number of hydrogen-bond acceptors (Lipinski definition) is 20. The van der Waals surface area contributed by atoms with Crippen LogP contribution in [0, 0.1) is 17.8 Å². The molecule has 0 bridgehead atoms. The molecule has 5 heterocycles. The molecule has 426 valence electrons. The van der Waals surface area contributed by atoms with Crippen LogP contribution in [0.1, 0.15) is 87.6 Å². The fourth-order valence-corrected chi connectivity index (χ4v) is 11.7. The van der Waals surface area contributed by atoms with E-state index in [1.807, 2.05) is 31.2 Å². The van der Waals surface area contributed by atoms with Crippen LogP contribution in [0.5, 0.6) is 5.75 Å². The third-order valence-corrected chi connectivity index (χ3v) is 16.3. The lowest BCUT2D eigenvalue weighted by Gasteiger charge is -2.49. The van der Waals surface area contributed by atoms with E-state index in [-0.39, 0.29) is 37.0 Å². The van der Waals surface area contributed by atoms with Crippen molar-refractivity contribution in [2.45, 2.75) is 182 Å². The van der Waals surface area contributed by atoms with Crippen LogP contribution in [0.3, 0.4) is 0 Å². The molecule has 21 heteroatoms. The monoisotopic (exact) mass is 1080 g/mol. The molecule has 5 aliphatic heterocycles. The number of benzene rings is 2. The number of esters is 1. The number of rotatable bonds is 19. The number of hydrogen-bond donors (Lipinski definition) is 8. The van der Waals surface area contributed by atoms with Crippen LogP contribution in [0.4, 0.5) is 0 Å². The van der Waals surface area contributed by atoms with Gasteiger partial charge in [-0.1, -0.05) is 82.0 Å². The summed E-state index contributed by atoms with van der Waals surface area (Å²) in [5.41, 5.74) is 1.51. The second kappa shape index (κ2) is 26.1. The highest BCUT2D eigenvalue weighted by molar-refractivity contribution is 5.89. The maximum Gasteiger partial charge on any atom is 0.338 e. The Morgan fingerprint density at radius 1 is 0.688 bits per heavy atom. The van der Waals surface area contributed by atoms with Crippen molar-refractivity contribution >= 4 is 18.0 Å². The van der Waals surface area contributed by atoms with E-state index in [1.165, 1.54) is 6.92 Å². The van der Waals surface area contributed by atoms with Gasteiger partial charge < -0.3 is 93.1 Å². The molecule has 7 aliphatic rings. The van der Waals surface area contributed by atoms with Gasteiger partial charge in [-0.25, -0.2) is 4.79 Å². The van der Waals surface area contributed by atoms with Gasteiger partial charge >= 0.3 is 5.97 Å². The van der Waals surface area contributed by atoms with Gasteiger partial charge in [-0.3, -0.25) is 4.79 Å². The average Bonchev–Trinajstić information content (AvgIpc) is 3.42. The lowest BCUT2D eigenvalue weighted by Crippen LogP contribution is -2.64. The van der Waals surface area contributed by atoms with Gasteiger partial charge in [-0.15, -0.1) is 0 Å². The van der Waals surface area contributed by atoms with Crippen LogP contribution in [0.15, 0.2) is 72.5 Å². The molecule has 8 N–H and O–H groups in total. The predicted octanol–water partition coefficient (Wildman–Crippen LogP) is 1.72. The largest absolute Gasteiger partial charge is 0.457 e. The third kappa shape index (κ3) is 13.3. The minimum absolute atomic E-state index is 0.0833. The smallest absolute Gasteiger partial charge is 0.338 e. The maximum absolute atomic E-state index is 14.2. The number of aliphatic hydroxyl groups is 8. The van der Waals surface area contributed by atoms with Crippen LogP contribution < -0.4 is 4.74 Å². The zero-order valence-electron chi connectivity index (χ0n) is 43.6. The summed E-state index contributed by atoms with van der Waals surface area (Å²) in [6.45, 7) is 6.88. The first-order valence-electron chi connectivity index (χ1n) is 27.3. The Morgan fingerprint density at radius 2 is 1.38 bits per heavy atom. The SMILES string of the molecule is C=C1Oc2ccccc2C=C1COC1C(O)[C@@H](OCC2CC(C)[C@@H](O[C@@H]3OC(C)[C@@H](O)[C@H](O)C3O)[C@H](O[C@@H]3O[C@@H](CO)[C@H](O)C(O[C@@H](CC4CCCCC4)C(=O)N4CCC4)C3OC(=O)c3ccccc3)C2)OC(CO)[C@H]1O. The highest BCUT2D eigenvalue weighted by Crippen LogP contribution is 2.41. The highest BCUT2D eigenvalue weighted by atomic mass is 16.8. The molecule has 0 aromatic heterocycles. The summed E-state index contributed by atoms with van der Waals surface area (Å²) in [6, 6.07) is 15.5. The Morgan fingerprint density at radius 3 is 2.08 bits per heavy atom. The van der Waals surface area contributed by atoms with Crippen molar-refractivity contribution in [3.8, 4) is 5.75 Å². The average molecular weight is 1080 g/mol. The van der Waals surface area contributed by atoms with Gasteiger partial charge in [0.05, 0.1) is 50.3 Å². The first kappa shape index (κ1) is 57.7. The summed E-state index contributed by atoms with van der Waals surface area (Å²) in [6.07, 6.45) is -16.4.